The number of phenols is 1. The minimum atomic E-state index is -0.545. The minimum absolute atomic E-state index is 0.000341. The first-order valence-electron chi connectivity index (χ1n) is 10.4. The molecule has 7 heteroatoms. The Balaban J connectivity index is 1.84. The van der Waals surface area contributed by atoms with Crippen molar-refractivity contribution in [1.82, 2.24) is 0 Å². The summed E-state index contributed by atoms with van der Waals surface area (Å²) >= 11 is 6.70. The maximum absolute atomic E-state index is 13.4. The first-order valence-corrected chi connectivity index (χ1v) is 12.0. The van der Waals surface area contributed by atoms with E-state index in [9.17, 15) is 19.5 Å². The van der Waals surface area contributed by atoms with E-state index in [0.717, 1.165) is 8.95 Å². The van der Waals surface area contributed by atoms with E-state index in [2.05, 4.69) is 31.9 Å². The van der Waals surface area contributed by atoms with Crippen LogP contribution in [0.15, 0.2) is 93.9 Å². The Morgan fingerprint density at radius 3 is 1.46 bits per heavy atom. The summed E-state index contributed by atoms with van der Waals surface area (Å²) in [6, 6.07) is 22.2. The third-order valence-corrected chi connectivity index (χ3v) is 6.44. The van der Waals surface area contributed by atoms with Gasteiger partial charge in [-0.05, 0) is 84.9 Å². The van der Waals surface area contributed by atoms with Gasteiger partial charge in [0.25, 0.3) is 0 Å². The second kappa shape index (κ2) is 10.4. The van der Waals surface area contributed by atoms with Crippen LogP contribution in [0.25, 0.3) is 0 Å². The lowest BCUT2D eigenvalue weighted by Gasteiger charge is -2.11. The van der Waals surface area contributed by atoms with Crippen molar-refractivity contribution in [3.05, 3.63) is 127 Å². The Kier molecular flexibility index (Phi) is 7.28. The zero-order valence-corrected chi connectivity index (χ0v) is 21.6. The number of aromatic hydroxyl groups is 1. The topological polar surface area (TPSA) is 80.7 Å². The Bertz CT molecular complexity index is 1370. The molecule has 0 saturated carbocycles. The van der Waals surface area contributed by atoms with E-state index in [0.29, 0.717) is 16.9 Å². The Morgan fingerprint density at radius 2 is 1.03 bits per heavy atom. The molecule has 0 heterocycles. The number of carbonyl (C=O) groups excluding carboxylic acids is 3. The molecule has 0 unspecified atom stereocenters. The number of phenolic OH excluding ortho intramolecular Hbond substituents is 1. The SMILES string of the molecule is COc1ccc(O)c(C(=O)c2cc(C(=O)c3ccc(Br)cc3)cc(C(=O)c3ccc(Br)cc3)c2)c1. The third kappa shape index (κ3) is 5.42. The maximum atomic E-state index is 13.4. The van der Waals surface area contributed by atoms with E-state index in [4.69, 9.17) is 4.74 Å². The van der Waals surface area contributed by atoms with Gasteiger partial charge in [-0.15, -0.1) is 0 Å². The molecule has 0 bridgehead atoms. The molecule has 1 N–H and O–H groups in total. The van der Waals surface area contributed by atoms with E-state index in [1.165, 1.54) is 43.5 Å². The molecule has 0 saturated heterocycles. The lowest BCUT2D eigenvalue weighted by molar-refractivity contribution is 0.103. The van der Waals surface area contributed by atoms with Gasteiger partial charge in [-0.25, -0.2) is 0 Å². The van der Waals surface area contributed by atoms with Gasteiger partial charge in [0, 0.05) is 36.8 Å². The van der Waals surface area contributed by atoms with Crippen molar-refractivity contribution in [3.8, 4) is 11.5 Å². The van der Waals surface area contributed by atoms with E-state index in [1.54, 1.807) is 48.5 Å². The number of ketones is 3. The molecule has 0 fully saturated rings. The van der Waals surface area contributed by atoms with Crippen LogP contribution in [-0.4, -0.2) is 29.6 Å². The zero-order valence-electron chi connectivity index (χ0n) is 18.4. The summed E-state index contributed by atoms with van der Waals surface area (Å²) < 4.78 is 6.81. The van der Waals surface area contributed by atoms with Crippen LogP contribution in [0.5, 0.6) is 11.5 Å². The molecule has 0 amide bonds. The second-order valence-electron chi connectivity index (χ2n) is 7.68. The van der Waals surface area contributed by atoms with E-state index >= 15 is 0 Å². The van der Waals surface area contributed by atoms with E-state index in [-0.39, 0.29) is 39.6 Å². The lowest BCUT2D eigenvalue weighted by atomic mass is 9.92. The fourth-order valence-corrected chi connectivity index (χ4v) is 4.06. The van der Waals surface area contributed by atoms with Crippen LogP contribution in [0.4, 0.5) is 0 Å². The Morgan fingerprint density at radius 1 is 0.600 bits per heavy atom. The van der Waals surface area contributed by atoms with Gasteiger partial charge in [-0.1, -0.05) is 31.9 Å². The molecule has 4 aromatic carbocycles. The summed E-state index contributed by atoms with van der Waals surface area (Å²) in [4.78, 5) is 40.0. The van der Waals surface area contributed by atoms with Gasteiger partial charge >= 0.3 is 0 Å². The van der Waals surface area contributed by atoms with E-state index in [1.807, 2.05) is 0 Å². The normalized spacial score (nSPS) is 10.6. The quantitative estimate of drug-likeness (QED) is 0.244. The Hall–Kier alpha value is -3.55. The van der Waals surface area contributed by atoms with Crippen molar-refractivity contribution in [3.63, 3.8) is 0 Å². The van der Waals surface area contributed by atoms with Gasteiger partial charge in [0.2, 0.25) is 0 Å². The third-order valence-electron chi connectivity index (χ3n) is 5.38. The predicted molar refractivity (Wildman–Crippen MR) is 140 cm³/mol. The minimum Gasteiger partial charge on any atom is -0.507 e. The van der Waals surface area contributed by atoms with Crippen LogP contribution in [0.2, 0.25) is 0 Å². The van der Waals surface area contributed by atoms with Crippen LogP contribution in [-0.2, 0) is 0 Å². The Labute approximate surface area is 218 Å². The van der Waals surface area contributed by atoms with Gasteiger partial charge in [-0.2, -0.15) is 0 Å². The highest BCUT2D eigenvalue weighted by Crippen LogP contribution is 2.27. The number of benzene rings is 4. The molecule has 174 valence electrons. The fraction of sp³-hybridized carbons (Fsp3) is 0.0357. The van der Waals surface area contributed by atoms with Gasteiger partial charge in [0.1, 0.15) is 11.5 Å². The highest BCUT2D eigenvalue weighted by Gasteiger charge is 2.21. The summed E-state index contributed by atoms with van der Waals surface area (Å²) in [5.74, 6) is -1.07. The number of halogens is 2. The highest BCUT2D eigenvalue weighted by molar-refractivity contribution is 9.10. The zero-order chi connectivity index (χ0) is 25.1. The second-order valence-corrected chi connectivity index (χ2v) is 9.51. The predicted octanol–water partition coefficient (Wildman–Crippen LogP) is 6.62. The van der Waals surface area contributed by atoms with Gasteiger partial charge in [-0.3, -0.25) is 14.4 Å². The molecule has 0 radical (unpaired) electrons. The van der Waals surface area contributed by atoms with Crippen molar-refractivity contribution in [1.29, 1.82) is 0 Å². The standard InChI is InChI=1S/C28H18Br2O5/c1-35-23-10-11-25(31)24(15-23)28(34)20-13-18(26(32)16-2-6-21(29)7-3-16)12-19(14-20)27(33)17-4-8-22(30)9-5-17/h2-15,31H,1H3. The van der Waals surface area contributed by atoms with E-state index < -0.39 is 5.78 Å². The van der Waals surface area contributed by atoms with Gasteiger partial charge in [0.05, 0.1) is 12.7 Å². The average molecular weight is 594 g/mol. The molecule has 0 spiro atoms. The highest BCUT2D eigenvalue weighted by atomic mass is 79.9. The summed E-state index contributed by atoms with van der Waals surface area (Å²) in [7, 11) is 1.45. The van der Waals surface area contributed by atoms with Crippen molar-refractivity contribution in [2.24, 2.45) is 0 Å². The number of hydrogen-bond donors (Lipinski definition) is 1. The summed E-state index contributed by atoms with van der Waals surface area (Å²) in [6.07, 6.45) is 0. The molecule has 5 nitrogen and oxygen atoms in total. The monoisotopic (exact) mass is 592 g/mol. The molecule has 0 atom stereocenters. The maximum Gasteiger partial charge on any atom is 0.196 e. The number of methoxy groups -OCH3 is 1. The molecule has 4 rings (SSSR count). The number of hydrogen-bond acceptors (Lipinski definition) is 5. The molecule has 0 aliphatic heterocycles. The van der Waals surface area contributed by atoms with Crippen molar-refractivity contribution < 1.29 is 24.2 Å². The van der Waals surface area contributed by atoms with Crippen molar-refractivity contribution >= 4 is 49.2 Å². The number of rotatable bonds is 7. The first kappa shape index (κ1) is 24.6. The fourth-order valence-electron chi connectivity index (χ4n) is 3.54. The van der Waals surface area contributed by atoms with Crippen LogP contribution in [0, 0.1) is 0 Å². The van der Waals surface area contributed by atoms with Crippen LogP contribution in [0.3, 0.4) is 0 Å². The first-order chi connectivity index (χ1) is 16.8. The molecular formula is C28H18Br2O5. The summed E-state index contributed by atoms with van der Waals surface area (Å²) in [5.41, 5.74) is 1.27. The average Bonchev–Trinajstić information content (AvgIpc) is 2.88. The molecular weight excluding hydrogens is 576 g/mol. The molecule has 0 aliphatic rings. The summed E-state index contributed by atoms with van der Waals surface area (Å²) in [5, 5.41) is 10.3. The smallest absolute Gasteiger partial charge is 0.196 e. The number of ether oxygens (including phenoxy) is 1. The van der Waals surface area contributed by atoms with Gasteiger partial charge < -0.3 is 9.84 Å². The van der Waals surface area contributed by atoms with Crippen LogP contribution >= 0.6 is 31.9 Å². The van der Waals surface area contributed by atoms with Crippen molar-refractivity contribution in [2.45, 2.75) is 0 Å². The number of carbonyl (C=O) groups is 3. The molecule has 0 aromatic heterocycles. The molecule has 4 aromatic rings. The summed E-state index contributed by atoms with van der Waals surface area (Å²) in [6.45, 7) is 0. The van der Waals surface area contributed by atoms with Gasteiger partial charge in [0.15, 0.2) is 17.3 Å². The van der Waals surface area contributed by atoms with Crippen LogP contribution in [0.1, 0.15) is 47.8 Å². The molecule has 35 heavy (non-hydrogen) atoms. The lowest BCUT2D eigenvalue weighted by Crippen LogP contribution is -2.11. The van der Waals surface area contributed by atoms with Crippen LogP contribution < -0.4 is 4.74 Å². The van der Waals surface area contributed by atoms with Crippen molar-refractivity contribution in [2.75, 3.05) is 7.11 Å². The molecule has 0 aliphatic carbocycles. The largest absolute Gasteiger partial charge is 0.507 e.